The van der Waals surface area contributed by atoms with E-state index in [0.717, 1.165) is 0 Å². The molecule has 8 heteroatoms. The van der Waals surface area contributed by atoms with Crippen LogP contribution in [-0.2, 0) is 11.4 Å². The minimum absolute atomic E-state index is 0.183. The maximum absolute atomic E-state index is 12.9. The van der Waals surface area contributed by atoms with Crippen molar-refractivity contribution >= 4 is 23.2 Å². The normalized spacial score (nSPS) is 16.9. The summed E-state index contributed by atoms with van der Waals surface area (Å²) < 4.78 is 18.4. The second-order valence-electron chi connectivity index (χ2n) is 5.84. The average Bonchev–Trinajstić information content (AvgIpc) is 3.21. The van der Waals surface area contributed by atoms with E-state index in [1.807, 2.05) is 0 Å². The Morgan fingerprint density at radius 1 is 1.40 bits per heavy atom. The van der Waals surface area contributed by atoms with Gasteiger partial charge >= 0.3 is 5.97 Å². The molecule has 2 heterocycles. The second-order valence-corrected chi connectivity index (χ2v) is 6.92. The Morgan fingerprint density at radius 2 is 2.12 bits per heavy atom. The largest absolute Gasteiger partial charge is 0.486 e. The molecule has 1 aliphatic rings. The third-order valence-corrected chi connectivity index (χ3v) is 5.15. The van der Waals surface area contributed by atoms with E-state index >= 15 is 0 Å². The summed E-state index contributed by atoms with van der Waals surface area (Å²) in [7, 11) is 0. The van der Waals surface area contributed by atoms with Crippen molar-refractivity contribution in [3.05, 3.63) is 45.7 Å². The number of aryl methyl sites for hydroxylation is 1. The lowest BCUT2D eigenvalue weighted by molar-refractivity contribution is -0.141. The predicted molar refractivity (Wildman–Crippen MR) is 89.2 cm³/mol. The number of hydrogen-bond acceptors (Lipinski definition) is 5. The van der Waals surface area contributed by atoms with E-state index in [-0.39, 0.29) is 24.9 Å². The van der Waals surface area contributed by atoms with Gasteiger partial charge in [0.25, 0.3) is 5.91 Å². The molecule has 0 spiro atoms. The molecular weight excluding hydrogens is 347 g/mol. The lowest BCUT2D eigenvalue weighted by Crippen LogP contribution is -2.29. The highest BCUT2D eigenvalue weighted by Crippen LogP contribution is 2.25. The highest BCUT2D eigenvalue weighted by Gasteiger charge is 2.32. The lowest BCUT2D eigenvalue weighted by Gasteiger charge is -2.14. The Hall–Kier alpha value is -2.48. The van der Waals surface area contributed by atoms with E-state index in [2.05, 4.69) is 4.98 Å². The summed E-state index contributed by atoms with van der Waals surface area (Å²) in [4.78, 5) is 30.0. The number of carbonyl (C=O) groups excluding carboxylic acids is 1. The summed E-state index contributed by atoms with van der Waals surface area (Å²) >= 11 is 1.24. The topological polar surface area (TPSA) is 79.7 Å². The molecule has 1 atom stereocenters. The number of carbonyl (C=O) groups is 2. The van der Waals surface area contributed by atoms with E-state index in [9.17, 15) is 14.0 Å². The maximum atomic E-state index is 12.9. The molecule has 0 unspecified atom stereocenters. The maximum Gasteiger partial charge on any atom is 0.308 e. The quantitative estimate of drug-likeness (QED) is 0.882. The highest BCUT2D eigenvalue weighted by atomic mass is 32.1. The fourth-order valence-corrected chi connectivity index (χ4v) is 3.62. The van der Waals surface area contributed by atoms with Crippen LogP contribution in [-0.4, -0.2) is 40.0 Å². The number of aromatic nitrogens is 1. The average molecular weight is 364 g/mol. The molecule has 1 N–H and O–H groups in total. The first-order valence-electron chi connectivity index (χ1n) is 7.81. The number of likely N-dealkylation sites (tertiary alicyclic amines) is 1. The predicted octanol–water partition coefficient (Wildman–Crippen LogP) is 2.72. The Balaban J connectivity index is 1.64. The summed E-state index contributed by atoms with van der Waals surface area (Å²) in [6.07, 6.45) is 0.472. The summed E-state index contributed by atoms with van der Waals surface area (Å²) in [5.41, 5.74) is 0.603. The molecule has 132 valence electrons. The minimum atomic E-state index is -0.871. The number of carboxylic acids is 1. The van der Waals surface area contributed by atoms with Crippen molar-refractivity contribution in [1.82, 2.24) is 9.88 Å². The smallest absolute Gasteiger partial charge is 0.308 e. The SMILES string of the molecule is Cc1nc(COc2ccc(F)cc2)sc1C(=O)N1CC[C@H](C(=O)O)C1. The number of hydrogen-bond donors (Lipinski definition) is 1. The van der Waals surface area contributed by atoms with Gasteiger partial charge in [0.05, 0.1) is 11.6 Å². The van der Waals surface area contributed by atoms with Crippen LogP contribution in [0.5, 0.6) is 5.75 Å². The first kappa shape index (κ1) is 17.3. The Bertz CT molecular complexity index is 790. The van der Waals surface area contributed by atoms with Gasteiger partial charge in [-0.15, -0.1) is 11.3 Å². The van der Waals surface area contributed by atoms with Gasteiger partial charge in [0.2, 0.25) is 0 Å². The van der Waals surface area contributed by atoms with Crippen molar-refractivity contribution in [2.75, 3.05) is 13.1 Å². The van der Waals surface area contributed by atoms with Crippen LogP contribution in [0.1, 0.15) is 26.8 Å². The standard InChI is InChI=1S/C17H17FN2O4S/c1-10-15(16(21)20-7-6-11(8-20)17(22)23)25-14(19-10)9-24-13-4-2-12(18)3-5-13/h2-5,11H,6-9H2,1H3,(H,22,23)/t11-/m0/s1. The van der Waals surface area contributed by atoms with Crippen molar-refractivity contribution in [1.29, 1.82) is 0 Å². The van der Waals surface area contributed by atoms with Crippen LogP contribution < -0.4 is 4.74 Å². The molecule has 0 aliphatic carbocycles. The van der Waals surface area contributed by atoms with Crippen molar-refractivity contribution in [2.24, 2.45) is 5.92 Å². The molecular formula is C17H17FN2O4S. The summed E-state index contributed by atoms with van der Waals surface area (Å²) in [6.45, 7) is 2.60. The van der Waals surface area contributed by atoms with Crippen LogP contribution in [0, 0.1) is 18.7 Å². The van der Waals surface area contributed by atoms with Crippen LogP contribution in [0.2, 0.25) is 0 Å². The number of nitrogens with zero attached hydrogens (tertiary/aromatic N) is 2. The second kappa shape index (κ2) is 7.18. The highest BCUT2D eigenvalue weighted by molar-refractivity contribution is 7.13. The Kier molecular flexibility index (Phi) is 4.98. The van der Waals surface area contributed by atoms with Crippen molar-refractivity contribution in [3.63, 3.8) is 0 Å². The third-order valence-electron chi connectivity index (χ3n) is 4.04. The van der Waals surface area contributed by atoms with Crippen LogP contribution >= 0.6 is 11.3 Å². The van der Waals surface area contributed by atoms with Crippen molar-refractivity contribution < 1.29 is 23.8 Å². The first-order valence-corrected chi connectivity index (χ1v) is 8.62. The van der Waals surface area contributed by atoms with Gasteiger partial charge in [0.15, 0.2) is 0 Å². The number of aliphatic carboxylic acids is 1. The number of thiazole rings is 1. The molecule has 1 saturated heterocycles. The summed E-state index contributed by atoms with van der Waals surface area (Å²) in [5, 5.41) is 9.69. The van der Waals surface area contributed by atoms with Crippen LogP contribution in [0.4, 0.5) is 4.39 Å². The van der Waals surface area contributed by atoms with E-state index in [1.165, 1.54) is 35.6 Å². The number of carboxylic acid groups (broad SMARTS) is 1. The Labute approximate surface area is 147 Å². The van der Waals surface area contributed by atoms with Crippen LogP contribution in [0.3, 0.4) is 0 Å². The molecule has 6 nitrogen and oxygen atoms in total. The molecule has 1 amide bonds. The van der Waals surface area contributed by atoms with E-state index < -0.39 is 11.9 Å². The molecule has 1 aromatic carbocycles. The van der Waals surface area contributed by atoms with Crippen LogP contribution in [0.25, 0.3) is 0 Å². The fourth-order valence-electron chi connectivity index (χ4n) is 2.68. The van der Waals surface area contributed by atoms with Gasteiger partial charge in [-0.05, 0) is 37.6 Å². The van der Waals surface area contributed by atoms with Crippen LogP contribution in [0.15, 0.2) is 24.3 Å². The van der Waals surface area contributed by atoms with E-state index in [4.69, 9.17) is 9.84 Å². The van der Waals surface area contributed by atoms with Gasteiger partial charge in [-0.1, -0.05) is 0 Å². The lowest BCUT2D eigenvalue weighted by atomic mass is 10.1. The molecule has 25 heavy (non-hydrogen) atoms. The molecule has 1 fully saturated rings. The summed E-state index contributed by atoms with van der Waals surface area (Å²) in [5.74, 6) is -1.38. The number of rotatable bonds is 5. The molecule has 0 saturated carbocycles. The molecule has 1 aromatic heterocycles. The molecule has 3 rings (SSSR count). The van der Waals surface area contributed by atoms with Gasteiger partial charge in [0, 0.05) is 13.1 Å². The number of ether oxygens (including phenoxy) is 1. The van der Waals surface area contributed by atoms with Gasteiger partial charge in [0.1, 0.15) is 28.1 Å². The zero-order chi connectivity index (χ0) is 18.0. The number of halogens is 1. The van der Waals surface area contributed by atoms with Gasteiger partial charge in [-0.25, -0.2) is 9.37 Å². The number of amides is 1. The van der Waals surface area contributed by atoms with Crippen molar-refractivity contribution in [2.45, 2.75) is 20.0 Å². The van der Waals surface area contributed by atoms with E-state index in [0.29, 0.717) is 34.3 Å². The van der Waals surface area contributed by atoms with E-state index in [1.54, 1.807) is 11.8 Å². The van der Waals surface area contributed by atoms with Gasteiger partial charge in [-0.2, -0.15) is 0 Å². The molecule has 0 radical (unpaired) electrons. The molecule has 2 aromatic rings. The summed E-state index contributed by atoms with van der Waals surface area (Å²) in [6, 6.07) is 5.67. The zero-order valence-electron chi connectivity index (χ0n) is 13.6. The number of benzene rings is 1. The monoisotopic (exact) mass is 364 g/mol. The molecule has 1 aliphatic heterocycles. The first-order chi connectivity index (χ1) is 11.9. The van der Waals surface area contributed by atoms with Gasteiger partial charge in [-0.3, -0.25) is 9.59 Å². The molecule has 0 bridgehead atoms. The van der Waals surface area contributed by atoms with Crippen molar-refractivity contribution in [3.8, 4) is 5.75 Å². The minimum Gasteiger partial charge on any atom is -0.486 e. The third kappa shape index (κ3) is 3.96. The van der Waals surface area contributed by atoms with Gasteiger partial charge < -0.3 is 14.7 Å². The Morgan fingerprint density at radius 3 is 2.76 bits per heavy atom. The zero-order valence-corrected chi connectivity index (χ0v) is 14.4. The fraction of sp³-hybridized carbons (Fsp3) is 0.353.